The smallest absolute Gasteiger partial charge is 0.270 e. The number of nitrogens with zero attached hydrogens (tertiary/aromatic N) is 2. The van der Waals surface area contributed by atoms with Gasteiger partial charge in [-0.2, -0.15) is 0 Å². The predicted octanol–water partition coefficient (Wildman–Crippen LogP) is 6.10. The molecule has 0 bridgehead atoms. The van der Waals surface area contributed by atoms with Gasteiger partial charge >= 0.3 is 0 Å². The summed E-state index contributed by atoms with van der Waals surface area (Å²) in [5, 5.41) is 3.36. The molecular formula is C30H36F2N4O2. The van der Waals surface area contributed by atoms with Gasteiger partial charge in [-0.1, -0.05) is 38.6 Å². The molecule has 2 heterocycles. The number of rotatable bonds is 8. The zero-order chi connectivity index (χ0) is 27.7. The maximum atomic E-state index is 14.6. The number of anilines is 1. The van der Waals surface area contributed by atoms with Crippen molar-refractivity contribution in [3.8, 4) is 0 Å². The van der Waals surface area contributed by atoms with Crippen LogP contribution in [-0.2, 0) is 4.79 Å². The van der Waals surface area contributed by atoms with E-state index in [2.05, 4.69) is 16.9 Å². The Morgan fingerprint density at radius 1 is 1.21 bits per heavy atom. The quantitative estimate of drug-likeness (QED) is 0.375. The summed E-state index contributed by atoms with van der Waals surface area (Å²) in [5.41, 5.74) is 1.93. The number of likely N-dealkylation sites (N-methyl/N-ethyl adjacent to an activating group) is 1. The molecule has 3 unspecified atom stereocenters. The fourth-order valence-electron chi connectivity index (χ4n) is 5.25. The summed E-state index contributed by atoms with van der Waals surface area (Å²) >= 11 is 0. The molecule has 8 heteroatoms. The molecule has 0 saturated carbocycles. The standard InChI is InChI=1S/C30H36F2N4O2/c1-17(2)12-26(35(6)29(37)25-15-23-24(31)13-18(3)27(32)28(23)34-25)30(38)36-16-21(14-19(36)4)20(5)33-22-10-8-7-9-11-22/h7-11,13,15,17,19,21,26,33-34H,5,12,14,16H2,1-4,6H3. The number of hydrogen-bond donors (Lipinski definition) is 2. The van der Waals surface area contributed by atoms with Crippen LogP contribution in [0.2, 0.25) is 0 Å². The number of H-pyrrole nitrogens is 1. The van der Waals surface area contributed by atoms with Gasteiger partial charge in [0.1, 0.15) is 23.4 Å². The van der Waals surface area contributed by atoms with Gasteiger partial charge in [0.05, 0.1) is 5.52 Å². The van der Waals surface area contributed by atoms with Crippen molar-refractivity contribution in [3.05, 3.63) is 77.6 Å². The van der Waals surface area contributed by atoms with Gasteiger partial charge in [-0.3, -0.25) is 9.59 Å². The zero-order valence-electron chi connectivity index (χ0n) is 22.6. The maximum Gasteiger partial charge on any atom is 0.270 e. The van der Waals surface area contributed by atoms with Crippen molar-refractivity contribution >= 4 is 28.4 Å². The number of halogens is 2. The number of carbonyl (C=O) groups is 2. The molecule has 1 fully saturated rings. The fraction of sp³-hybridized carbons (Fsp3) is 0.400. The second-order valence-corrected chi connectivity index (χ2v) is 10.8. The number of amides is 2. The molecule has 0 radical (unpaired) electrons. The van der Waals surface area contributed by atoms with E-state index >= 15 is 0 Å². The molecule has 1 aliphatic heterocycles. The van der Waals surface area contributed by atoms with E-state index < -0.39 is 23.6 Å². The first-order valence-corrected chi connectivity index (χ1v) is 13.0. The highest BCUT2D eigenvalue weighted by atomic mass is 19.1. The number of benzene rings is 2. The molecule has 4 rings (SSSR count). The molecule has 6 nitrogen and oxygen atoms in total. The first-order chi connectivity index (χ1) is 18.0. The number of carbonyl (C=O) groups excluding carboxylic acids is 2. The number of fused-ring (bicyclic) bond motifs is 1. The Morgan fingerprint density at radius 2 is 1.89 bits per heavy atom. The SMILES string of the molecule is C=C(Nc1ccccc1)C1CC(C)N(C(=O)C(CC(C)C)N(C)C(=O)c2cc3c(F)cc(C)c(F)c3[nH]2)C1. The fourth-order valence-corrected chi connectivity index (χ4v) is 5.25. The molecule has 3 atom stereocenters. The first-order valence-electron chi connectivity index (χ1n) is 13.0. The van der Waals surface area contributed by atoms with Crippen molar-refractivity contribution in [3.63, 3.8) is 0 Å². The third kappa shape index (κ3) is 5.44. The molecule has 2 amide bonds. The van der Waals surface area contributed by atoms with Gasteiger partial charge in [0, 0.05) is 42.3 Å². The summed E-state index contributed by atoms with van der Waals surface area (Å²) in [4.78, 5) is 33.3. The van der Waals surface area contributed by atoms with Crippen molar-refractivity contribution in [1.29, 1.82) is 0 Å². The van der Waals surface area contributed by atoms with Crippen LogP contribution < -0.4 is 5.32 Å². The van der Waals surface area contributed by atoms with Gasteiger partial charge in [0.25, 0.3) is 5.91 Å². The van der Waals surface area contributed by atoms with E-state index in [9.17, 15) is 18.4 Å². The highest BCUT2D eigenvalue weighted by Crippen LogP contribution is 2.31. The summed E-state index contributed by atoms with van der Waals surface area (Å²) in [5.74, 6) is -1.62. The lowest BCUT2D eigenvalue weighted by molar-refractivity contribution is -0.137. The van der Waals surface area contributed by atoms with E-state index in [0.29, 0.717) is 13.0 Å². The highest BCUT2D eigenvalue weighted by Gasteiger charge is 2.39. The number of hydrogen-bond acceptors (Lipinski definition) is 3. The second kappa shape index (κ2) is 11.0. The lowest BCUT2D eigenvalue weighted by Gasteiger charge is -2.33. The summed E-state index contributed by atoms with van der Waals surface area (Å²) in [6.07, 6.45) is 1.22. The van der Waals surface area contributed by atoms with Gasteiger partial charge in [0.15, 0.2) is 0 Å². The number of aromatic nitrogens is 1. The van der Waals surface area contributed by atoms with E-state index in [4.69, 9.17) is 0 Å². The average Bonchev–Trinajstić information content (AvgIpc) is 3.50. The van der Waals surface area contributed by atoms with Crippen LogP contribution in [0.5, 0.6) is 0 Å². The highest BCUT2D eigenvalue weighted by molar-refractivity contribution is 6.00. The predicted molar refractivity (Wildman–Crippen MR) is 147 cm³/mol. The Labute approximate surface area is 222 Å². The van der Waals surface area contributed by atoms with E-state index in [1.54, 1.807) is 7.05 Å². The molecule has 1 saturated heterocycles. The van der Waals surface area contributed by atoms with Crippen LogP contribution in [0, 0.1) is 30.4 Å². The Bertz CT molecular complexity index is 1350. The molecule has 2 N–H and O–H groups in total. The molecule has 1 aromatic heterocycles. The first kappa shape index (κ1) is 27.4. The number of nitrogens with one attached hydrogen (secondary N) is 2. The third-order valence-electron chi connectivity index (χ3n) is 7.41. The van der Waals surface area contributed by atoms with Crippen molar-refractivity contribution in [2.24, 2.45) is 11.8 Å². The normalized spacial score (nSPS) is 18.2. The summed E-state index contributed by atoms with van der Waals surface area (Å²) in [6, 6.07) is 11.5. The minimum absolute atomic E-state index is 0.0111. The average molecular weight is 523 g/mol. The molecule has 1 aliphatic rings. The zero-order valence-corrected chi connectivity index (χ0v) is 22.6. The van der Waals surface area contributed by atoms with Gasteiger partial charge in [-0.15, -0.1) is 0 Å². The Hall–Kier alpha value is -3.68. The van der Waals surface area contributed by atoms with E-state index in [1.807, 2.05) is 56.0 Å². The number of aromatic amines is 1. The Kier molecular flexibility index (Phi) is 7.90. The third-order valence-corrected chi connectivity index (χ3v) is 7.41. The van der Waals surface area contributed by atoms with Crippen LogP contribution >= 0.6 is 0 Å². The van der Waals surface area contributed by atoms with Crippen LogP contribution in [-0.4, -0.2) is 52.3 Å². The molecule has 202 valence electrons. The van der Waals surface area contributed by atoms with Crippen LogP contribution in [0.3, 0.4) is 0 Å². The van der Waals surface area contributed by atoms with E-state index in [1.165, 1.54) is 17.9 Å². The van der Waals surface area contributed by atoms with Crippen molar-refractivity contribution in [2.45, 2.75) is 52.6 Å². The van der Waals surface area contributed by atoms with E-state index in [-0.39, 0.29) is 45.9 Å². The van der Waals surface area contributed by atoms with Gasteiger partial charge in [0.2, 0.25) is 5.91 Å². The molecule has 3 aromatic rings. The van der Waals surface area contributed by atoms with Gasteiger partial charge in [-0.25, -0.2) is 8.78 Å². The monoisotopic (exact) mass is 522 g/mol. The lowest BCUT2D eigenvalue weighted by atomic mass is 10.0. The second-order valence-electron chi connectivity index (χ2n) is 10.8. The minimum atomic E-state index is -0.720. The minimum Gasteiger partial charge on any atom is -0.359 e. The van der Waals surface area contributed by atoms with Crippen LogP contribution in [0.1, 0.15) is 49.7 Å². The maximum absolute atomic E-state index is 14.6. The van der Waals surface area contributed by atoms with Crippen molar-refractivity contribution in [1.82, 2.24) is 14.8 Å². The molecule has 0 aliphatic carbocycles. The number of para-hydroxylation sites is 1. The molecule has 38 heavy (non-hydrogen) atoms. The van der Waals surface area contributed by atoms with Crippen molar-refractivity contribution in [2.75, 3.05) is 18.9 Å². The van der Waals surface area contributed by atoms with Crippen LogP contribution in [0.25, 0.3) is 10.9 Å². The van der Waals surface area contributed by atoms with Gasteiger partial charge in [-0.05, 0) is 62.4 Å². The van der Waals surface area contributed by atoms with Crippen LogP contribution in [0.4, 0.5) is 14.5 Å². The largest absolute Gasteiger partial charge is 0.359 e. The molecular weight excluding hydrogens is 486 g/mol. The molecule has 0 spiro atoms. The van der Waals surface area contributed by atoms with Gasteiger partial charge < -0.3 is 20.1 Å². The topological polar surface area (TPSA) is 68.4 Å². The Morgan fingerprint density at radius 3 is 2.55 bits per heavy atom. The van der Waals surface area contributed by atoms with Crippen LogP contribution in [0.15, 0.2) is 54.7 Å². The summed E-state index contributed by atoms with van der Waals surface area (Å²) < 4.78 is 29.1. The van der Waals surface area contributed by atoms with Crippen molar-refractivity contribution < 1.29 is 18.4 Å². The van der Waals surface area contributed by atoms with E-state index in [0.717, 1.165) is 23.9 Å². The Balaban J connectivity index is 1.54. The summed E-state index contributed by atoms with van der Waals surface area (Å²) in [6.45, 7) is 12.2. The number of likely N-dealkylation sites (tertiary alicyclic amines) is 1. The summed E-state index contributed by atoms with van der Waals surface area (Å²) in [7, 11) is 1.57. The number of aryl methyl sites for hydroxylation is 1. The lowest BCUT2D eigenvalue weighted by Crippen LogP contribution is -2.51. The molecule has 2 aromatic carbocycles.